The molecule has 1 atom stereocenters. The third-order valence-electron chi connectivity index (χ3n) is 5.57. The van der Waals surface area contributed by atoms with Crippen molar-refractivity contribution in [2.45, 2.75) is 45.6 Å². The number of benzene rings is 2. The van der Waals surface area contributed by atoms with Gasteiger partial charge in [0.25, 0.3) is 0 Å². The molecule has 0 aliphatic heterocycles. The highest BCUT2D eigenvalue weighted by atomic mass is 16.6. The van der Waals surface area contributed by atoms with Gasteiger partial charge in [0.15, 0.2) is 6.10 Å². The second kappa shape index (κ2) is 23.6. The Morgan fingerprint density at radius 1 is 0.756 bits per heavy atom. The zero-order chi connectivity index (χ0) is 34.2. The fourth-order valence-electron chi connectivity index (χ4n) is 2.91. The van der Waals surface area contributed by atoms with Crippen LogP contribution in [0.15, 0.2) is 116 Å². The quantitative estimate of drug-likeness (QED) is 0.115. The lowest BCUT2D eigenvalue weighted by Crippen LogP contribution is -2.29. The molecule has 2 N–H and O–H groups in total. The van der Waals surface area contributed by atoms with Crippen molar-refractivity contribution >= 4 is 30.0 Å². The van der Waals surface area contributed by atoms with Crippen LogP contribution >= 0.6 is 0 Å². The lowest BCUT2D eigenvalue weighted by atomic mass is 10.1. The largest absolute Gasteiger partial charge is 0.458 e. The molecule has 0 aliphatic rings. The normalized spacial score (nSPS) is 10.2. The minimum absolute atomic E-state index is 0.0474. The molecule has 242 valence electrons. The summed E-state index contributed by atoms with van der Waals surface area (Å²) in [5.41, 5.74) is 3.14. The number of esters is 4. The summed E-state index contributed by atoms with van der Waals surface area (Å²) in [4.78, 5) is 45.1. The third-order valence-corrected chi connectivity index (χ3v) is 5.57. The fourth-order valence-corrected chi connectivity index (χ4v) is 2.91. The zero-order valence-corrected chi connectivity index (χ0v) is 26.2. The minimum atomic E-state index is -0.967. The Balaban J connectivity index is 0.000000827. The Kier molecular flexibility index (Phi) is 21.0. The maximum atomic E-state index is 12.0. The van der Waals surface area contributed by atoms with Crippen molar-refractivity contribution in [1.82, 2.24) is 0 Å². The molecule has 0 saturated carbocycles. The molecule has 2 rings (SSSR count). The monoisotopic (exact) mass is 620 g/mol. The number of carbonyl (C=O) groups excluding carboxylic acids is 4. The summed E-state index contributed by atoms with van der Waals surface area (Å²) >= 11 is 0. The number of aryl methyl sites for hydroxylation is 1. The first kappa shape index (κ1) is 40.1. The van der Waals surface area contributed by atoms with E-state index in [1.165, 1.54) is 19.4 Å². The predicted octanol–water partition coefficient (Wildman–Crippen LogP) is 5.49. The van der Waals surface area contributed by atoms with Gasteiger partial charge in [0.1, 0.15) is 6.61 Å². The summed E-state index contributed by atoms with van der Waals surface area (Å²) in [5.74, 6) is -2.69. The highest BCUT2D eigenvalue weighted by molar-refractivity contribution is 6.00. The lowest BCUT2D eigenvalue weighted by molar-refractivity contribution is -0.156. The number of rotatable bonds is 15. The fraction of sp³-hybridized carbons (Fsp3) is 0.278. The molecule has 0 spiro atoms. The van der Waals surface area contributed by atoms with Gasteiger partial charge in [-0.15, -0.1) is 0 Å². The van der Waals surface area contributed by atoms with E-state index in [0.29, 0.717) is 25.7 Å². The van der Waals surface area contributed by atoms with Crippen LogP contribution in [-0.2, 0) is 39.8 Å². The van der Waals surface area contributed by atoms with Crippen LogP contribution in [0.2, 0.25) is 0 Å². The maximum absolute atomic E-state index is 12.0. The Morgan fingerprint density at radius 2 is 1.27 bits per heavy atom. The van der Waals surface area contributed by atoms with Gasteiger partial charge < -0.3 is 24.4 Å². The van der Waals surface area contributed by atoms with Crippen molar-refractivity contribution in [3.8, 4) is 0 Å². The first-order valence-electron chi connectivity index (χ1n) is 14.1. The summed E-state index contributed by atoms with van der Waals surface area (Å²) in [6.07, 6.45) is 2.67. The molecule has 0 saturated heterocycles. The van der Waals surface area contributed by atoms with Crippen LogP contribution in [0.4, 0.5) is 0 Å². The van der Waals surface area contributed by atoms with Gasteiger partial charge in [-0.05, 0) is 50.7 Å². The van der Waals surface area contributed by atoms with E-state index in [1.54, 1.807) is 0 Å². The molecule has 45 heavy (non-hydrogen) atoms. The van der Waals surface area contributed by atoms with Gasteiger partial charge in [0.2, 0.25) is 0 Å². The third kappa shape index (κ3) is 19.1. The molecule has 9 heteroatoms. The van der Waals surface area contributed by atoms with E-state index < -0.39 is 36.6 Å². The van der Waals surface area contributed by atoms with E-state index in [0.717, 1.165) is 5.56 Å². The van der Waals surface area contributed by atoms with E-state index in [-0.39, 0.29) is 35.5 Å². The number of aliphatic hydroxyl groups excluding tert-OH is 2. The topological polar surface area (TPSA) is 136 Å². The molecule has 0 radical (unpaired) electrons. The maximum Gasteiger partial charge on any atom is 0.340 e. The van der Waals surface area contributed by atoms with Crippen LogP contribution in [0.25, 0.3) is 6.08 Å². The zero-order valence-electron chi connectivity index (χ0n) is 26.2. The van der Waals surface area contributed by atoms with Gasteiger partial charge in [-0.2, -0.15) is 0 Å². The first-order chi connectivity index (χ1) is 21.4. The number of hydrogen-bond acceptors (Lipinski definition) is 9. The Morgan fingerprint density at radius 3 is 1.71 bits per heavy atom. The van der Waals surface area contributed by atoms with Crippen LogP contribution in [-0.4, -0.2) is 60.0 Å². The average Bonchev–Trinajstić information content (AvgIpc) is 3.05. The van der Waals surface area contributed by atoms with E-state index in [1.807, 2.05) is 66.7 Å². The molecule has 0 aromatic heterocycles. The van der Waals surface area contributed by atoms with Gasteiger partial charge >= 0.3 is 23.9 Å². The molecule has 0 aliphatic carbocycles. The molecular formula is C36H44O9. The molecule has 2 aromatic carbocycles. The van der Waals surface area contributed by atoms with Crippen LogP contribution in [0.1, 0.15) is 44.2 Å². The van der Waals surface area contributed by atoms with Crippen molar-refractivity contribution in [3.05, 3.63) is 127 Å². The van der Waals surface area contributed by atoms with E-state index in [9.17, 15) is 24.3 Å². The van der Waals surface area contributed by atoms with Gasteiger partial charge in [-0.3, -0.25) is 0 Å². The minimum Gasteiger partial charge on any atom is -0.458 e. The standard InChI is InChI=1S/C20H26O6.C8H10O3.C8H8/c1-15(7-6-12-21)19(23)25-14-18(13-22)26-20(24)16(2)10-11-17-8-4-3-5-9-17;1-5(2)7(9)11-8(10)6(3)4;1-2-8-6-4-3-5-7-8/h3-5,8-9,18,21-22H,1-2,6-7,10-14H2;1,3H2,2,4H3;2-7H,1H2. The van der Waals surface area contributed by atoms with Gasteiger partial charge in [-0.1, -0.05) is 99.6 Å². The Hall–Kier alpha value is -4.86. The van der Waals surface area contributed by atoms with Crippen molar-refractivity contribution in [2.75, 3.05) is 19.8 Å². The van der Waals surface area contributed by atoms with Crippen molar-refractivity contribution in [3.63, 3.8) is 0 Å². The summed E-state index contributed by atoms with van der Waals surface area (Å²) in [6, 6.07) is 19.7. The van der Waals surface area contributed by atoms with Crippen molar-refractivity contribution < 1.29 is 43.6 Å². The summed E-state index contributed by atoms with van der Waals surface area (Å²) < 4.78 is 14.4. The predicted molar refractivity (Wildman–Crippen MR) is 175 cm³/mol. The molecule has 0 heterocycles. The molecule has 2 aromatic rings. The molecule has 9 nitrogen and oxygen atoms in total. The van der Waals surface area contributed by atoms with Crippen LogP contribution in [0.3, 0.4) is 0 Å². The van der Waals surface area contributed by atoms with Gasteiger partial charge in [-0.25, -0.2) is 19.2 Å². The van der Waals surface area contributed by atoms with Gasteiger partial charge in [0, 0.05) is 28.9 Å². The lowest BCUT2D eigenvalue weighted by Gasteiger charge is -2.17. The van der Waals surface area contributed by atoms with Crippen molar-refractivity contribution in [1.29, 1.82) is 0 Å². The molecule has 1 unspecified atom stereocenters. The van der Waals surface area contributed by atoms with Crippen LogP contribution in [0.5, 0.6) is 0 Å². The highest BCUT2D eigenvalue weighted by Gasteiger charge is 2.19. The number of ether oxygens (including phenoxy) is 3. The van der Waals surface area contributed by atoms with Crippen LogP contribution in [0, 0.1) is 0 Å². The summed E-state index contributed by atoms with van der Waals surface area (Å²) in [6.45, 7) is 19.7. The SMILES string of the molecule is C=C(C)C(=O)OC(=O)C(=C)C.C=C(CCCO)C(=O)OCC(CO)OC(=O)C(=C)CCc1ccccc1.C=Cc1ccccc1. The second-order valence-electron chi connectivity index (χ2n) is 9.68. The number of carbonyl (C=O) groups is 4. The smallest absolute Gasteiger partial charge is 0.340 e. The molecular weight excluding hydrogens is 576 g/mol. The first-order valence-corrected chi connectivity index (χ1v) is 14.1. The van der Waals surface area contributed by atoms with E-state index in [4.69, 9.17) is 14.6 Å². The van der Waals surface area contributed by atoms with Crippen molar-refractivity contribution in [2.24, 2.45) is 0 Å². The number of hydrogen-bond donors (Lipinski definition) is 2. The highest BCUT2D eigenvalue weighted by Crippen LogP contribution is 2.11. The summed E-state index contributed by atoms with van der Waals surface area (Å²) in [5, 5.41) is 18.0. The Labute approximate surface area is 265 Å². The van der Waals surface area contributed by atoms with E-state index in [2.05, 4.69) is 37.6 Å². The summed E-state index contributed by atoms with van der Waals surface area (Å²) in [7, 11) is 0. The van der Waals surface area contributed by atoms with Crippen LogP contribution < -0.4 is 0 Å². The molecule has 0 fully saturated rings. The average molecular weight is 621 g/mol. The Bertz CT molecular complexity index is 1270. The number of aliphatic hydroxyl groups is 2. The van der Waals surface area contributed by atoms with Gasteiger partial charge in [0.05, 0.1) is 6.61 Å². The molecule has 0 bridgehead atoms. The van der Waals surface area contributed by atoms with E-state index >= 15 is 0 Å². The second-order valence-corrected chi connectivity index (χ2v) is 9.68. The molecule has 0 amide bonds.